The number of benzene rings is 1. The molecule has 2 rings (SSSR count). The molecule has 0 saturated carbocycles. The normalized spacial score (nSPS) is 10.7. The molecule has 0 aliphatic heterocycles. The Kier molecular flexibility index (Phi) is 2.03. The molecule has 5 heteroatoms. The van der Waals surface area contributed by atoms with Crippen LogP contribution in [0.15, 0.2) is 22.8 Å². The van der Waals surface area contributed by atoms with Gasteiger partial charge in [-0.25, -0.2) is 4.79 Å². The fraction of sp³-hybridized carbons (Fsp3) is 0.111. The van der Waals surface area contributed by atoms with Crippen LogP contribution < -0.4 is 0 Å². The number of fused-ring (bicyclic) bond motifs is 1. The molecule has 0 saturated heterocycles. The van der Waals surface area contributed by atoms with Crippen molar-refractivity contribution >= 4 is 32.8 Å². The van der Waals surface area contributed by atoms with Crippen LogP contribution in [0.3, 0.4) is 0 Å². The second-order valence-corrected chi connectivity index (χ2v) is 3.85. The van der Waals surface area contributed by atoms with Gasteiger partial charge in [0, 0.05) is 23.1 Å². The highest BCUT2D eigenvalue weighted by Gasteiger charge is 2.09. The van der Waals surface area contributed by atoms with E-state index in [9.17, 15) is 4.79 Å². The number of aromatic carboxylic acids is 1. The molecule has 0 unspecified atom stereocenters. The van der Waals surface area contributed by atoms with Crippen LogP contribution in [0.4, 0.5) is 0 Å². The quantitative estimate of drug-likeness (QED) is 0.848. The zero-order chi connectivity index (χ0) is 10.3. The number of carboxylic acids is 1. The SMILES string of the molecule is Cn1cc2c(Br)cc(C(=O)O)cc2n1. The van der Waals surface area contributed by atoms with Crippen LogP contribution in [-0.2, 0) is 7.05 Å². The molecule has 1 N–H and O–H groups in total. The van der Waals surface area contributed by atoms with E-state index in [1.165, 1.54) is 0 Å². The van der Waals surface area contributed by atoms with E-state index in [0.717, 1.165) is 9.86 Å². The van der Waals surface area contributed by atoms with E-state index in [1.807, 2.05) is 6.20 Å². The first-order chi connectivity index (χ1) is 6.58. The van der Waals surface area contributed by atoms with E-state index < -0.39 is 5.97 Å². The Labute approximate surface area is 88.3 Å². The number of rotatable bonds is 1. The second kappa shape index (κ2) is 3.09. The molecule has 14 heavy (non-hydrogen) atoms. The predicted molar refractivity (Wildman–Crippen MR) is 55.4 cm³/mol. The molecule has 0 bridgehead atoms. The van der Waals surface area contributed by atoms with Crippen molar-refractivity contribution in [3.63, 3.8) is 0 Å². The summed E-state index contributed by atoms with van der Waals surface area (Å²) in [6.07, 6.45) is 1.84. The van der Waals surface area contributed by atoms with Gasteiger partial charge in [0.25, 0.3) is 0 Å². The van der Waals surface area contributed by atoms with Gasteiger partial charge in [-0.3, -0.25) is 4.68 Å². The summed E-state index contributed by atoms with van der Waals surface area (Å²) in [6.45, 7) is 0. The first kappa shape index (κ1) is 9.21. The van der Waals surface area contributed by atoms with Gasteiger partial charge in [-0.05, 0) is 12.1 Å². The summed E-state index contributed by atoms with van der Waals surface area (Å²) >= 11 is 3.31. The molecule has 1 aromatic carbocycles. The Morgan fingerprint density at radius 2 is 2.29 bits per heavy atom. The summed E-state index contributed by atoms with van der Waals surface area (Å²) in [5.74, 6) is -0.946. The highest BCUT2D eigenvalue weighted by atomic mass is 79.9. The van der Waals surface area contributed by atoms with Gasteiger partial charge in [0.1, 0.15) is 0 Å². The molecule has 4 nitrogen and oxygen atoms in total. The van der Waals surface area contributed by atoms with Crippen LogP contribution in [-0.4, -0.2) is 20.9 Å². The Morgan fingerprint density at radius 1 is 1.57 bits per heavy atom. The molecule has 0 radical (unpaired) electrons. The number of nitrogens with zero attached hydrogens (tertiary/aromatic N) is 2. The van der Waals surface area contributed by atoms with E-state index in [2.05, 4.69) is 21.0 Å². The number of aromatic nitrogens is 2. The first-order valence-corrected chi connectivity index (χ1v) is 4.73. The average Bonchev–Trinajstić information content (AvgIpc) is 2.45. The maximum absolute atomic E-state index is 10.7. The van der Waals surface area contributed by atoms with Crippen molar-refractivity contribution in [2.75, 3.05) is 0 Å². The van der Waals surface area contributed by atoms with Crippen molar-refractivity contribution in [3.8, 4) is 0 Å². The molecule has 0 amide bonds. The molecule has 0 fully saturated rings. The number of halogens is 1. The van der Waals surface area contributed by atoms with Crippen molar-refractivity contribution in [1.29, 1.82) is 0 Å². The fourth-order valence-electron chi connectivity index (χ4n) is 1.32. The fourth-order valence-corrected chi connectivity index (χ4v) is 1.88. The minimum absolute atomic E-state index is 0.239. The number of carboxylic acid groups (broad SMARTS) is 1. The third kappa shape index (κ3) is 1.39. The smallest absolute Gasteiger partial charge is 0.335 e. The third-order valence-electron chi connectivity index (χ3n) is 1.94. The van der Waals surface area contributed by atoms with E-state index in [4.69, 9.17) is 5.11 Å². The average molecular weight is 255 g/mol. The van der Waals surface area contributed by atoms with Gasteiger partial charge < -0.3 is 5.11 Å². The lowest BCUT2D eigenvalue weighted by Crippen LogP contribution is -1.95. The predicted octanol–water partition coefficient (Wildman–Crippen LogP) is 2.03. The van der Waals surface area contributed by atoms with Crippen molar-refractivity contribution < 1.29 is 9.90 Å². The minimum Gasteiger partial charge on any atom is -0.478 e. The van der Waals surface area contributed by atoms with Gasteiger partial charge in [0.05, 0.1) is 11.1 Å². The summed E-state index contributed by atoms with van der Waals surface area (Å²) in [7, 11) is 1.80. The Hall–Kier alpha value is -1.36. The highest BCUT2D eigenvalue weighted by Crippen LogP contribution is 2.24. The van der Waals surface area contributed by atoms with Crippen LogP contribution in [0.1, 0.15) is 10.4 Å². The van der Waals surface area contributed by atoms with Crippen LogP contribution in [0.5, 0.6) is 0 Å². The molecule has 0 aliphatic rings. The van der Waals surface area contributed by atoms with E-state index in [1.54, 1.807) is 23.9 Å². The molecule has 1 aromatic heterocycles. The molecular formula is C9H7BrN2O2. The Morgan fingerprint density at radius 3 is 2.93 bits per heavy atom. The van der Waals surface area contributed by atoms with E-state index in [0.29, 0.717) is 5.52 Å². The van der Waals surface area contributed by atoms with Crippen LogP contribution >= 0.6 is 15.9 Å². The lowest BCUT2D eigenvalue weighted by atomic mass is 10.2. The van der Waals surface area contributed by atoms with Gasteiger partial charge in [0.15, 0.2) is 0 Å². The van der Waals surface area contributed by atoms with Gasteiger partial charge in [-0.2, -0.15) is 5.10 Å². The molecule has 2 aromatic rings. The van der Waals surface area contributed by atoms with Gasteiger partial charge in [-0.15, -0.1) is 0 Å². The molecular weight excluding hydrogens is 248 g/mol. The Bertz CT molecular complexity index is 519. The van der Waals surface area contributed by atoms with Crippen LogP contribution in [0, 0.1) is 0 Å². The summed E-state index contributed by atoms with van der Waals surface area (Å²) in [4.78, 5) is 10.7. The minimum atomic E-state index is -0.946. The molecule has 0 spiro atoms. The van der Waals surface area contributed by atoms with Gasteiger partial charge >= 0.3 is 5.97 Å². The zero-order valence-electron chi connectivity index (χ0n) is 7.36. The monoisotopic (exact) mass is 254 g/mol. The van der Waals surface area contributed by atoms with E-state index in [-0.39, 0.29) is 5.56 Å². The second-order valence-electron chi connectivity index (χ2n) is 3.00. The molecule has 0 atom stereocenters. The first-order valence-electron chi connectivity index (χ1n) is 3.94. The zero-order valence-corrected chi connectivity index (χ0v) is 8.95. The maximum Gasteiger partial charge on any atom is 0.335 e. The third-order valence-corrected chi connectivity index (χ3v) is 2.59. The maximum atomic E-state index is 10.7. The van der Waals surface area contributed by atoms with Crippen LogP contribution in [0.2, 0.25) is 0 Å². The number of aryl methyl sites for hydroxylation is 1. The van der Waals surface area contributed by atoms with Crippen molar-refractivity contribution in [2.45, 2.75) is 0 Å². The number of hydrogen-bond donors (Lipinski definition) is 1. The van der Waals surface area contributed by atoms with Crippen molar-refractivity contribution in [1.82, 2.24) is 9.78 Å². The van der Waals surface area contributed by atoms with Gasteiger partial charge in [0.2, 0.25) is 0 Å². The van der Waals surface area contributed by atoms with Crippen LogP contribution in [0.25, 0.3) is 10.9 Å². The number of hydrogen-bond acceptors (Lipinski definition) is 2. The lowest BCUT2D eigenvalue weighted by molar-refractivity contribution is 0.0697. The number of carbonyl (C=O) groups is 1. The van der Waals surface area contributed by atoms with Crippen molar-refractivity contribution in [3.05, 3.63) is 28.4 Å². The molecule has 0 aliphatic carbocycles. The van der Waals surface area contributed by atoms with Gasteiger partial charge in [-0.1, -0.05) is 15.9 Å². The summed E-state index contributed by atoms with van der Waals surface area (Å²) < 4.78 is 2.40. The molecule has 72 valence electrons. The Balaban J connectivity index is 2.77. The van der Waals surface area contributed by atoms with Crippen molar-refractivity contribution in [2.24, 2.45) is 7.05 Å². The summed E-state index contributed by atoms with van der Waals surface area (Å²) in [5.41, 5.74) is 0.919. The standard InChI is InChI=1S/C9H7BrN2O2/c1-12-4-6-7(10)2-5(9(13)14)3-8(6)11-12/h2-4H,1H3,(H,13,14). The largest absolute Gasteiger partial charge is 0.478 e. The highest BCUT2D eigenvalue weighted by molar-refractivity contribution is 9.10. The summed E-state index contributed by atoms with van der Waals surface area (Å²) in [5, 5.41) is 13.9. The van der Waals surface area contributed by atoms with E-state index >= 15 is 0 Å². The molecule has 1 heterocycles. The topological polar surface area (TPSA) is 55.1 Å². The summed E-state index contributed by atoms with van der Waals surface area (Å²) in [6, 6.07) is 3.13. The lowest BCUT2D eigenvalue weighted by Gasteiger charge is -1.96.